The molecule has 5 heteroatoms. The van der Waals surface area contributed by atoms with Gasteiger partial charge < -0.3 is 14.8 Å². The standard InChI is InChI=1S/C20H27ClFNO2/c1-14(2)6-7-20(16-8-9-25-13-16)23-11-15(12-24)10-17-18(21)4-3-5-19(17)22/h3-5,8-9,13-15,20,23-24H,6-7,10-12H2,1-2H3. The summed E-state index contributed by atoms with van der Waals surface area (Å²) in [4.78, 5) is 0. The average Bonchev–Trinajstić information content (AvgIpc) is 3.10. The van der Waals surface area contributed by atoms with Crippen LogP contribution in [0.3, 0.4) is 0 Å². The van der Waals surface area contributed by atoms with Gasteiger partial charge in [-0.3, -0.25) is 0 Å². The number of halogens is 2. The van der Waals surface area contributed by atoms with Crippen LogP contribution in [-0.4, -0.2) is 18.3 Å². The van der Waals surface area contributed by atoms with Crippen molar-refractivity contribution in [3.05, 3.63) is 58.8 Å². The third-order valence-electron chi connectivity index (χ3n) is 4.44. The molecule has 25 heavy (non-hydrogen) atoms. The van der Waals surface area contributed by atoms with E-state index >= 15 is 0 Å². The quantitative estimate of drug-likeness (QED) is 0.621. The van der Waals surface area contributed by atoms with Gasteiger partial charge in [0, 0.05) is 35.3 Å². The van der Waals surface area contributed by atoms with Crippen molar-refractivity contribution in [2.75, 3.05) is 13.2 Å². The SMILES string of the molecule is CC(C)CCC(NCC(CO)Cc1c(F)cccc1Cl)c1ccoc1. The third-order valence-corrected chi connectivity index (χ3v) is 4.80. The lowest BCUT2D eigenvalue weighted by Gasteiger charge is -2.22. The van der Waals surface area contributed by atoms with Crippen LogP contribution in [0.5, 0.6) is 0 Å². The monoisotopic (exact) mass is 367 g/mol. The second kappa shape index (κ2) is 9.95. The fourth-order valence-electron chi connectivity index (χ4n) is 2.89. The molecular formula is C20H27ClFNO2. The highest BCUT2D eigenvalue weighted by Crippen LogP contribution is 2.24. The summed E-state index contributed by atoms with van der Waals surface area (Å²) in [6, 6.07) is 6.79. The molecule has 1 aromatic carbocycles. The molecule has 0 aliphatic carbocycles. The Morgan fingerprint density at radius 2 is 2.04 bits per heavy atom. The molecule has 2 atom stereocenters. The van der Waals surface area contributed by atoms with Crippen molar-refractivity contribution in [3.63, 3.8) is 0 Å². The van der Waals surface area contributed by atoms with Crippen molar-refractivity contribution < 1.29 is 13.9 Å². The van der Waals surface area contributed by atoms with E-state index in [1.54, 1.807) is 24.7 Å². The van der Waals surface area contributed by atoms with Crippen LogP contribution in [0.2, 0.25) is 5.02 Å². The predicted octanol–water partition coefficient (Wildman–Crippen LogP) is 4.99. The van der Waals surface area contributed by atoms with Crippen molar-refractivity contribution in [3.8, 4) is 0 Å². The number of aliphatic hydroxyl groups excluding tert-OH is 1. The Hall–Kier alpha value is -1.36. The van der Waals surface area contributed by atoms with E-state index in [9.17, 15) is 9.50 Å². The summed E-state index contributed by atoms with van der Waals surface area (Å²) in [5.74, 6) is 0.182. The van der Waals surface area contributed by atoms with Crippen LogP contribution in [0.1, 0.15) is 43.9 Å². The predicted molar refractivity (Wildman–Crippen MR) is 99.2 cm³/mol. The van der Waals surface area contributed by atoms with Crippen LogP contribution in [0, 0.1) is 17.7 Å². The second-order valence-electron chi connectivity index (χ2n) is 6.94. The van der Waals surface area contributed by atoms with E-state index in [1.807, 2.05) is 6.07 Å². The molecule has 0 spiro atoms. The van der Waals surface area contributed by atoms with Crippen LogP contribution >= 0.6 is 11.6 Å². The number of hydrogen-bond acceptors (Lipinski definition) is 3. The summed E-state index contributed by atoms with van der Waals surface area (Å²) in [5, 5.41) is 13.6. The molecule has 0 aliphatic rings. The van der Waals surface area contributed by atoms with Gasteiger partial charge in [-0.1, -0.05) is 31.5 Å². The maximum atomic E-state index is 14.0. The number of nitrogens with one attached hydrogen (secondary N) is 1. The number of furan rings is 1. The fraction of sp³-hybridized carbons (Fsp3) is 0.500. The smallest absolute Gasteiger partial charge is 0.127 e. The van der Waals surface area contributed by atoms with Crippen LogP contribution < -0.4 is 5.32 Å². The second-order valence-corrected chi connectivity index (χ2v) is 7.35. The van der Waals surface area contributed by atoms with Gasteiger partial charge in [-0.2, -0.15) is 0 Å². The molecule has 0 aliphatic heterocycles. The topological polar surface area (TPSA) is 45.4 Å². The van der Waals surface area contributed by atoms with Gasteiger partial charge in [0.25, 0.3) is 0 Å². The summed E-state index contributed by atoms with van der Waals surface area (Å²) in [6.07, 6.45) is 5.89. The molecular weight excluding hydrogens is 341 g/mol. The van der Waals surface area contributed by atoms with Gasteiger partial charge in [-0.25, -0.2) is 4.39 Å². The van der Waals surface area contributed by atoms with Gasteiger partial charge in [0.05, 0.1) is 12.5 Å². The Labute approximate surface area is 154 Å². The van der Waals surface area contributed by atoms with Crippen LogP contribution in [0.25, 0.3) is 0 Å². The van der Waals surface area contributed by atoms with E-state index in [2.05, 4.69) is 19.2 Å². The first kappa shape index (κ1) is 20.0. The zero-order valence-corrected chi connectivity index (χ0v) is 15.6. The first-order chi connectivity index (χ1) is 12.0. The number of benzene rings is 1. The van der Waals surface area contributed by atoms with Crippen LogP contribution in [-0.2, 0) is 6.42 Å². The Balaban J connectivity index is 1.99. The third kappa shape index (κ3) is 6.14. The number of rotatable bonds is 10. The Kier molecular flexibility index (Phi) is 7.94. The summed E-state index contributed by atoms with van der Waals surface area (Å²) in [5.41, 5.74) is 1.56. The maximum Gasteiger partial charge on any atom is 0.127 e. The molecule has 138 valence electrons. The van der Waals surface area contributed by atoms with Crippen LogP contribution in [0.15, 0.2) is 41.2 Å². The minimum atomic E-state index is -0.322. The van der Waals surface area contributed by atoms with Gasteiger partial charge in [0.1, 0.15) is 5.82 Å². The minimum Gasteiger partial charge on any atom is -0.472 e. The van der Waals surface area contributed by atoms with Crippen molar-refractivity contribution >= 4 is 11.6 Å². The summed E-state index contributed by atoms with van der Waals surface area (Å²) >= 11 is 6.10. The van der Waals surface area contributed by atoms with Gasteiger partial charge in [-0.15, -0.1) is 0 Å². The molecule has 2 rings (SSSR count). The molecule has 0 radical (unpaired) electrons. The zero-order valence-electron chi connectivity index (χ0n) is 14.8. The van der Waals surface area contributed by atoms with E-state index in [0.29, 0.717) is 29.5 Å². The normalized spacial score (nSPS) is 14.0. The molecule has 1 aromatic heterocycles. The zero-order chi connectivity index (χ0) is 18.2. The van der Waals surface area contributed by atoms with Crippen molar-refractivity contribution in [1.29, 1.82) is 0 Å². The summed E-state index contributed by atoms with van der Waals surface area (Å²) in [6.45, 7) is 4.95. The van der Waals surface area contributed by atoms with Gasteiger partial charge in [0.2, 0.25) is 0 Å². The highest BCUT2D eigenvalue weighted by molar-refractivity contribution is 6.31. The lowest BCUT2D eigenvalue weighted by molar-refractivity contribution is 0.215. The molecule has 3 nitrogen and oxygen atoms in total. The Morgan fingerprint density at radius 1 is 1.24 bits per heavy atom. The highest BCUT2D eigenvalue weighted by atomic mass is 35.5. The van der Waals surface area contributed by atoms with E-state index in [1.165, 1.54) is 6.07 Å². The highest BCUT2D eigenvalue weighted by Gasteiger charge is 2.18. The van der Waals surface area contributed by atoms with Crippen molar-refractivity contribution in [1.82, 2.24) is 5.32 Å². The average molecular weight is 368 g/mol. The molecule has 2 aromatic rings. The van der Waals surface area contributed by atoms with Crippen LogP contribution in [0.4, 0.5) is 4.39 Å². The maximum absolute atomic E-state index is 14.0. The molecule has 0 saturated carbocycles. The van der Waals surface area contributed by atoms with Crippen molar-refractivity contribution in [2.24, 2.45) is 11.8 Å². The molecule has 2 unspecified atom stereocenters. The molecule has 2 N–H and O–H groups in total. The Bertz CT molecular complexity index is 610. The van der Waals surface area contributed by atoms with Crippen molar-refractivity contribution in [2.45, 2.75) is 39.2 Å². The number of hydrogen-bond donors (Lipinski definition) is 2. The van der Waals surface area contributed by atoms with E-state index < -0.39 is 0 Å². The lowest BCUT2D eigenvalue weighted by Crippen LogP contribution is -2.30. The van der Waals surface area contributed by atoms with Gasteiger partial charge in [0.15, 0.2) is 0 Å². The number of aliphatic hydroxyl groups is 1. The molecule has 0 fully saturated rings. The first-order valence-corrected chi connectivity index (χ1v) is 9.18. The van der Waals surface area contributed by atoms with Gasteiger partial charge in [-0.05, 0) is 49.3 Å². The molecule has 1 heterocycles. The molecule has 0 saturated heterocycles. The van der Waals surface area contributed by atoms with E-state index in [4.69, 9.17) is 16.0 Å². The molecule has 0 bridgehead atoms. The lowest BCUT2D eigenvalue weighted by atomic mass is 9.96. The Morgan fingerprint density at radius 3 is 2.64 bits per heavy atom. The van der Waals surface area contributed by atoms with Gasteiger partial charge >= 0.3 is 0 Å². The van der Waals surface area contributed by atoms with E-state index in [0.717, 1.165) is 18.4 Å². The van der Waals surface area contributed by atoms with E-state index in [-0.39, 0.29) is 24.4 Å². The summed E-state index contributed by atoms with van der Waals surface area (Å²) < 4.78 is 19.2. The first-order valence-electron chi connectivity index (χ1n) is 8.80. The largest absolute Gasteiger partial charge is 0.472 e. The summed E-state index contributed by atoms with van der Waals surface area (Å²) in [7, 11) is 0. The molecule has 0 amide bonds. The fourth-order valence-corrected chi connectivity index (χ4v) is 3.13. The minimum absolute atomic E-state index is 0.0278.